The third-order valence-corrected chi connectivity index (χ3v) is 8.20. The molecule has 2 amide bonds. The second-order valence-corrected chi connectivity index (χ2v) is 11.5. The number of halogens is 4. The molecule has 0 radical (unpaired) electrons. The zero-order valence-electron chi connectivity index (χ0n) is 22.5. The number of hydrogen-bond acceptors (Lipinski definition) is 5. The summed E-state index contributed by atoms with van der Waals surface area (Å²) in [5, 5.41) is 0. The number of hydrogen-bond donors (Lipinski definition) is 0. The highest BCUT2D eigenvalue weighted by Gasteiger charge is 2.52. The minimum atomic E-state index is -1.85. The fraction of sp³-hybridized carbons (Fsp3) is 0.667. The van der Waals surface area contributed by atoms with Crippen molar-refractivity contribution >= 4 is 23.5 Å². The Morgan fingerprint density at radius 2 is 1.32 bits per heavy atom. The van der Waals surface area contributed by atoms with Gasteiger partial charge in [-0.2, -0.15) is 8.78 Å². The van der Waals surface area contributed by atoms with E-state index in [4.69, 9.17) is 4.74 Å². The number of carbonyl (C=O) groups is 3. The molecule has 0 N–H and O–H groups in total. The van der Waals surface area contributed by atoms with Gasteiger partial charge in [0, 0.05) is 11.8 Å². The third-order valence-electron chi connectivity index (χ3n) is 8.20. The maximum Gasteiger partial charge on any atom is 0.309 e. The van der Waals surface area contributed by atoms with Crippen LogP contribution in [0, 0.1) is 64.7 Å². The molecular weight excluding hydrogens is 494 g/mol. The van der Waals surface area contributed by atoms with Gasteiger partial charge in [0.1, 0.15) is 11.3 Å². The SMILES string of the molecule is CC1C2CC(C(=O)OC(C)(C)C)C(C2)C1C.COc1c(F)c(F)c(N2C(=O)C(C)C(C)C2=O)c(F)c1F. The number of ether oxygens (including phenoxy) is 2. The Bertz CT molecular complexity index is 1050. The van der Waals surface area contributed by atoms with Crippen molar-refractivity contribution in [2.75, 3.05) is 12.0 Å². The molecule has 1 aromatic carbocycles. The van der Waals surface area contributed by atoms with Crippen LogP contribution >= 0.6 is 0 Å². The van der Waals surface area contributed by atoms with Crippen molar-refractivity contribution in [3.63, 3.8) is 0 Å². The van der Waals surface area contributed by atoms with Crippen LogP contribution < -0.4 is 9.64 Å². The summed E-state index contributed by atoms with van der Waals surface area (Å²) in [7, 11) is 0.830. The number of nitrogens with zero attached hydrogens (tertiary/aromatic N) is 1. The number of rotatable bonds is 3. The molecule has 1 aromatic rings. The summed E-state index contributed by atoms with van der Waals surface area (Å²) in [6.45, 7) is 13.2. The van der Waals surface area contributed by atoms with Gasteiger partial charge in [-0.05, 0) is 57.3 Å². The molecule has 1 heterocycles. The van der Waals surface area contributed by atoms with Crippen LogP contribution in [0.25, 0.3) is 0 Å². The summed E-state index contributed by atoms with van der Waals surface area (Å²) in [5.74, 6) is -9.06. The summed E-state index contributed by atoms with van der Waals surface area (Å²) in [6.07, 6.45) is 2.30. The van der Waals surface area contributed by atoms with Gasteiger partial charge in [0.2, 0.25) is 23.4 Å². The largest absolute Gasteiger partial charge is 0.491 e. The van der Waals surface area contributed by atoms with E-state index in [0.29, 0.717) is 11.8 Å². The Hall–Kier alpha value is -2.65. The topological polar surface area (TPSA) is 72.9 Å². The predicted octanol–water partition coefficient (Wildman–Crippen LogP) is 5.65. The highest BCUT2D eigenvalue weighted by Crippen LogP contribution is 2.55. The minimum Gasteiger partial charge on any atom is -0.491 e. The molecule has 6 nitrogen and oxygen atoms in total. The van der Waals surface area contributed by atoms with Crippen LogP contribution in [0.3, 0.4) is 0 Å². The molecule has 2 bridgehead atoms. The number of esters is 1. The maximum atomic E-state index is 13.9. The quantitative estimate of drug-likeness (QED) is 0.219. The van der Waals surface area contributed by atoms with Crippen LogP contribution in [0.2, 0.25) is 0 Å². The lowest BCUT2D eigenvalue weighted by Crippen LogP contribution is -2.35. The molecule has 2 aliphatic carbocycles. The molecule has 1 saturated heterocycles. The average Bonchev–Trinajstić information content (AvgIpc) is 3.43. The smallest absolute Gasteiger partial charge is 0.309 e. The van der Waals surface area contributed by atoms with Crippen LogP contribution in [0.4, 0.5) is 23.2 Å². The predicted molar refractivity (Wildman–Crippen MR) is 128 cm³/mol. The summed E-state index contributed by atoms with van der Waals surface area (Å²) in [4.78, 5) is 36.0. The van der Waals surface area contributed by atoms with Crippen molar-refractivity contribution in [1.82, 2.24) is 0 Å². The number of amides is 2. The van der Waals surface area contributed by atoms with Gasteiger partial charge >= 0.3 is 5.97 Å². The Kier molecular flexibility index (Phi) is 8.01. The van der Waals surface area contributed by atoms with Gasteiger partial charge in [-0.25, -0.2) is 13.7 Å². The maximum absolute atomic E-state index is 13.9. The zero-order chi connectivity index (χ0) is 28.1. The van der Waals surface area contributed by atoms with Crippen LogP contribution in [-0.2, 0) is 19.1 Å². The molecule has 206 valence electrons. The lowest BCUT2D eigenvalue weighted by atomic mass is 9.76. The molecular formula is C27H35F4NO5. The van der Waals surface area contributed by atoms with Crippen LogP contribution in [0.15, 0.2) is 0 Å². The van der Waals surface area contributed by atoms with Gasteiger partial charge in [0.15, 0.2) is 17.4 Å². The van der Waals surface area contributed by atoms with E-state index in [1.165, 1.54) is 20.3 Å². The van der Waals surface area contributed by atoms with E-state index >= 15 is 0 Å². The van der Waals surface area contributed by atoms with Gasteiger partial charge in [-0.3, -0.25) is 14.4 Å². The molecule has 1 aliphatic heterocycles. The molecule has 7 atom stereocenters. The minimum absolute atomic E-state index is 0.0405. The van der Waals surface area contributed by atoms with E-state index in [9.17, 15) is 31.9 Å². The molecule has 4 rings (SSSR count). The summed E-state index contributed by atoms with van der Waals surface area (Å²) in [6, 6.07) is 0. The molecule has 7 unspecified atom stereocenters. The van der Waals surface area contributed by atoms with E-state index in [1.807, 2.05) is 20.8 Å². The number of anilines is 1. The van der Waals surface area contributed by atoms with Crippen molar-refractivity contribution in [2.24, 2.45) is 41.4 Å². The number of fused-ring (bicyclic) bond motifs is 2. The van der Waals surface area contributed by atoms with E-state index < -0.39 is 58.4 Å². The van der Waals surface area contributed by atoms with Gasteiger partial charge in [0.05, 0.1) is 13.0 Å². The van der Waals surface area contributed by atoms with Crippen molar-refractivity contribution in [1.29, 1.82) is 0 Å². The van der Waals surface area contributed by atoms with Gasteiger partial charge < -0.3 is 9.47 Å². The second kappa shape index (κ2) is 10.3. The first-order valence-electron chi connectivity index (χ1n) is 12.5. The lowest BCUT2D eigenvalue weighted by Gasteiger charge is -2.32. The molecule has 0 aromatic heterocycles. The fourth-order valence-electron chi connectivity index (χ4n) is 5.73. The molecule has 10 heteroatoms. The Balaban J connectivity index is 0.000000213. The van der Waals surface area contributed by atoms with Gasteiger partial charge in [-0.1, -0.05) is 27.7 Å². The van der Waals surface area contributed by atoms with Crippen LogP contribution in [0.5, 0.6) is 5.75 Å². The second-order valence-electron chi connectivity index (χ2n) is 11.5. The monoisotopic (exact) mass is 529 g/mol. The van der Waals surface area contributed by atoms with E-state index in [1.54, 1.807) is 0 Å². The van der Waals surface area contributed by atoms with Gasteiger partial charge in [-0.15, -0.1) is 0 Å². The molecule has 2 saturated carbocycles. The standard InChI is InChI=1S/C14H24O2.C13H11F4NO3/c1-8-9(2)11-6-10(8)7-12(11)13(15)16-14(3,4)5;1-4-5(2)13(20)18(12(4)19)10-6(14)8(16)11(21-3)9(17)7(10)15/h8-12H,6-7H2,1-5H3;4-5H,1-3H3. The zero-order valence-corrected chi connectivity index (χ0v) is 22.5. The lowest BCUT2D eigenvalue weighted by molar-refractivity contribution is -0.163. The van der Waals surface area contributed by atoms with E-state index in [0.717, 1.165) is 25.4 Å². The normalized spacial score (nSPS) is 30.9. The third kappa shape index (κ3) is 5.08. The van der Waals surface area contributed by atoms with E-state index in [2.05, 4.69) is 18.6 Å². The highest BCUT2D eigenvalue weighted by atomic mass is 19.2. The highest BCUT2D eigenvalue weighted by molar-refractivity contribution is 6.21. The Morgan fingerprint density at radius 1 is 0.838 bits per heavy atom. The molecule has 3 aliphatic rings. The van der Waals surface area contributed by atoms with Crippen LogP contribution in [-0.4, -0.2) is 30.5 Å². The Morgan fingerprint density at radius 3 is 1.70 bits per heavy atom. The molecule has 0 spiro atoms. The first kappa shape index (κ1) is 28.9. The van der Waals surface area contributed by atoms with Gasteiger partial charge in [0.25, 0.3) is 0 Å². The van der Waals surface area contributed by atoms with Crippen molar-refractivity contribution < 1.29 is 41.4 Å². The average molecular weight is 530 g/mol. The first-order chi connectivity index (χ1) is 17.0. The van der Waals surface area contributed by atoms with Crippen molar-refractivity contribution in [3.05, 3.63) is 23.3 Å². The molecule has 3 fully saturated rings. The van der Waals surface area contributed by atoms with Crippen LogP contribution in [0.1, 0.15) is 61.3 Å². The number of imide groups is 1. The first-order valence-corrected chi connectivity index (χ1v) is 12.5. The van der Waals surface area contributed by atoms with Crippen molar-refractivity contribution in [3.8, 4) is 5.75 Å². The summed E-state index contributed by atoms with van der Waals surface area (Å²) in [5.41, 5.74) is -1.69. The number of benzene rings is 1. The Labute approximate surface area is 214 Å². The molecule has 37 heavy (non-hydrogen) atoms. The number of carbonyl (C=O) groups excluding carboxylic acids is 3. The fourth-order valence-corrected chi connectivity index (χ4v) is 5.73. The summed E-state index contributed by atoms with van der Waals surface area (Å²) >= 11 is 0. The van der Waals surface area contributed by atoms with Crippen molar-refractivity contribution in [2.45, 2.75) is 66.9 Å². The number of methoxy groups -OCH3 is 1. The van der Waals surface area contributed by atoms with E-state index in [-0.39, 0.29) is 22.4 Å². The summed E-state index contributed by atoms with van der Waals surface area (Å²) < 4.78 is 64.9.